The Bertz CT molecular complexity index is 647. The molecule has 0 radical (unpaired) electrons. The van der Waals surface area contributed by atoms with Crippen molar-refractivity contribution in [2.24, 2.45) is 0 Å². The smallest absolute Gasteiger partial charge is 0.276 e. The van der Waals surface area contributed by atoms with Crippen molar-refractivity contribution in [2.45, 2.75) is 20.1 Å². The number of benzene rings is 1. The van der Waals surface area contributed by atoms with Gasteiger partial charge in [-0.25, -0.2) is 4.68 Å². The molecule has 2 aromatic rings. The Labute approximate surface area is 111 Å². The fourth-order valence-electron chi connectivity index (χ4n) is 1.90. The molecule has 5 heteroatoms. The Balaban J connectivity index is 2.36. The Morgan fingerprint density at radius 2 is 2.11 bits per heavy atom. The van der Waals surface area contributed by atoms with Crippen molar-refractivity contribution in [3.8, 4) is 17.2 Å². The highest BCUT2D eigenvalue weighted by Crippen LogP contribution is 2.16. The van der Waals surface area contributed by atoms with E-state index >= 15 is 0 Å². The number of H-pyrrole nitrogens is 1. The first-order valence-electron chi connectivity index (χ1n) is 6.09. The average molecular weight is 257 g/mol. The Morgan fingerprint density at radius 3 is 2.68 bits per heavy atom. The minimum absolute atomic E-state index is 0.134. The first-order chi connectivity index (χ1) is 9.17. The lowest BCUT2D eigenvalue weighted by Gasteiger charge is -2.11. The first-order valence-corrected chi connectivity index (χ1v) is 6.09. The Morgan fingerprint density at radius 1 is 1.42 bits per heavy atom. The molecular weight excluding hydrogens is 242 g/mol. The molecule has 0 aliphatic heterocycles. The van der Waals surface area contributed by atoms with Gasteiger partial charge in [0.2, 0.25) is 0 Å². The van der Waals surface area contributed by atoms with Crippen LogP contribution in [0.1, 0.15) is 25.6 Å². The summed E-state index contributed by atoms with van der Waals surface area (Å²) >= 11 is 0. The average Bonchev–Trinajstić information content (AvgIpc) is 2.81. The summed E-state index contributed by atoms with van der Waals surface area (Å²) in [6.07, 6.45) is 1.32. The summed E-state index contributed by atoms with van der Waals surface area (Å²) in [6.45, 7) is 4.23. The Kier molecular flexibility index (Phi) is 3.83. The maximum Gasteiger partial charge on any atom is 0.276 e. The third-order valence-corrected chi connectivity index (χ3v) is 2.89. The quantitative estimate of drug-likeness (QED) is 0.913. The maximum atomic E-state index is 12.2. The van der Waals surface area contributed by atoms with Crippen molar-refractivity contribution in [3.63, 3.8) is 0 Å². The van der Waals surface area contributed by atoms with Crippen LogP contribution in [0.3, 0.4) is 0 Å². The van der Waals surface area contributed by atoms with E-state index in [1.165, 1.54) is 4.68 Å². The highest BCUT2D eigenvalue weighted by atomic mass is 16.5. The van der Waals surface area contributed by atoms with Gasteiger partial charge in [-0.05, 0) is 31.5 Å². The van der Waals surface area contributed by atoms with E-state index in [2.05, 4.69) is 5.10 Å². The van der Waals surface area contributed by atoms with Gasteiger partial charge < -0.3 is 4.74 Å². The minimum Gasteiger partial charge on any atom is -0.357 e. The molecule has 19 heavy (non-hydrogen) atoms. The van der Waals surface area contributed by atoms with Crippen LogP contribution in [0.4, 0.5) is 0 Å². The van der Waals surface area contributed by atoms with Crippen molar-refractivity contribution in [2.75, 3.05) is 6.61 Å². The molecular formula is C14H15N3O2. The summed E-state index contributed by atoms with van der Waals surface area (Å²) in [5, 5.41) is 11.7. The molecule has 1 aromatic carbocycles. The van der Waals surface area contributed by atoms with Gasteiger partial charge in [0.15, 0.2) is 0 Å². The normalized spacial score (nSPS) is 12.1. The third-order valence-electron chi connectivity index (χ3n) is 2.89. The van der Waals surface area contributed by atoms with Gasteiger partial charge in [-0.15, -0.1) is 0 Å². The maximum absolute atomic E-state index is 12.2. The molecule has 0 saturated carbocycles. The molecule has 5 nitrogen and oxygen atoms in total. The first kappa shape index (κ1) is 13.1. The SMILES string of the molecule is CCOC(C)n1[nH]cc(-c2ccc(C#N)cc2)c1=O. The molecule has 0 fully saturated rings. The zero-order valence-corrected chi connectivity index (χ0v) is 10.9. The predicted octanol–water partition coefficient (Wildman–Crippen LogP) is 2.27. The number of nitrogens with zero attached hydrogens (tertiary/aromatic N) is 2. The number of rotatable bonds is 4. The molecule has 0 aliphatic rings. The van der Waals surface area contributed by atoms with Gasteiger partial charge in [0.05, 0.1) is 17.2 Å². The zero-order valence-electron chi connectivity index (χ0n) is 10.9. The van der Waals surface area contributed by atoms with Crippen LogP contribution in [0.5, 0.6) is 0 Å². The minimum atomic E-state index is -0.329. The lowest BCUT2D eigenvalue weighted by molar-refractivity contribution is 0.0137. The number of aromatic nitrogens is 2. The fourth-order valence-corrected chi connectivity index (χ4v) is 1.90. The van der Waals surface area contributed by atoms with E-state index in [4.69, 9.17) is 10.00 Å². The summed E-state index contributed by atoms with van der Waals surface area (Å²) in [5.41, 5.74) is 1.78. The van der Waals surface area contributed by atoms with Gasteiger partial charge in [-0.3, -0.25) is 9.89 Å². The number of nitrogens with one attached hydrogen (secondary N) is 1. The number of aromatic amines is 1. The van der Waals surface area contributed by atoms with E-state index in [1.54, 1.807) is 30.5 Å². The lowest BCUT2D eigenvalue weighted by Crippen LogP contribution is -2.23. The van der Waals surface area contributed by atoms with Crippen LogP contribution >= 0.6 is 0 Å². The number of hydrogen-bond acceptors (Lipinski definition) is 3. The van der Waals surface area contributed by atoms with Crippen LogP contribution < -0.4 is 5.56 Å². The molecule has 1 N–H and O–H groups in total. The number of nitriles is 1. The number of hydrogen-bond donors (Lipinski definition) is 1. The second-order valence-corrected chi connectivity index (χ2v) is 4.11. The summed E-state index contributed by atoms with van der Waals surface area (Å²) in [7, 11) is 0. The van der Waals surface area contributed by atoms with E-state index in [0.717, 1.165) is 5.56 Å². The molecule has 2 rings (SSSR count). The van der Waals surface area contributed by atoms with Crippen LogP contribution in [0.25, 0.3) is 11.1 Å². The van der Waals surface area contributed by atoms with Crippen molar-refractivity contribution < 1.29 is 4.74 Å². The summed E-state index contributed by atoms with van der Waals surface area (Å²) < 4.78 is 6.82. The summed E-state index contributed by atoms with van der Waals surface area (Å²) in [5.74, 6) is 0. The van der Waals surface area contributed by atoms with E-state index < -0.39 is 0 Å². The van der Waals surface area contributed by atoms with Crippen LogP contribution in [0.2, 0.25) is 0 Å². The van der Waals surface area contributed by atoms with Crippen LogP contribution in [0.15, 0.2) is 35.3 Å². The molecule has 1 heterocycles. The third kappa shape index (κ3) is 2.59. The van der Waals surface area contributed by atoms with E-state index in [9.17, 15) is 4.79 Å². The van der Waals surface area contributed by atoms with Crippen LogP contribution in [-0.4, -0.2) is 16.4 Å². The Hall–Kier alpha value is -2.32. The molecule has 1 aromatic heterocycles. The standard InChI is InChI=1S/C14H15N3O2/c1-3-19-10(2)17-14(18)13(9-16-17)12-6-4-11(8-15)5-7-12/h4-7,9-10,16H,3H2,1-2H3. The molecule has 0 bridgehead atoms. The van der Waals surface area contributed by atoms with Gasteiger partial charge in [0.1, 0.15) is 6.23 Å². The number of ether oxygens (including phenoxy) is 1. The highest BCUT2D eigenvalue weighted by molar-refractivity contribution is 5.62. The molecule has 0 saturated heterocycles. The molecule has 0 amide bonds. The van der Waals surface area contributed by atoms with Crippen molar-refractivity contribution in [1.82, 2.24) is 9.78 Å². The summed E-state index contributed by atoms with van der Waals surface area (Å²) in [4.78, 5) is 12.2. The van der Waals surface area contributed by atoms with Gasteiger partial charge >= 0.3 is 0 Å². The van der Waals surface area contributed by atoms with Crippen LogP contribution in [0, 0.1) is 11.3 Å². The second kappa shape index (κ2) is 5.55. The monoisotopic (exact) mass is 257 g/mol. The highest BCUT2D eigenvalue weighted by Gasteiger charge is 2.12. The van der Waals surface area contributed by atoms with Crippen molar-refractivity contribution in [3.05, 3.63) is 46.4 Å². The molecule has 98 valence electrons. The predicted molar refractivity (Wildman–Crippen MR) is 71.5 cm³/mol. The van der Waals surface area contributed by atoms with Gasteiger partial charge in [-0.2, -0.15) is 5.26 Å². The van der Waals surface area contributed by atoms with Crippen molar-refractivity contribution in [1.29, 1.82) is 5.26 Å². The molecule has 0 spiro atoms. The topological polar surface area (TPSA) is 70.8 Å². The fraction of sp³-hybridized carbons (Fsp3) is 0.286. The molecule has 0 aliphatic carbocycles. The summed E-state index contributed by atoms with van der Waals surface area (Å²) in [6, 6.07) is 8.96. The molecule has 1 atom stereocenters. The van der Waals surface area contributed by atoms with Gasteiger partial charge in [0, 0.05) is 12.8 Å². The van der Waals surface area contributed by atoms with Gasteiger partial charge in [-0.1, -0.05) is 12.1 Å². The van der Waals surface area contributed by atoms with Crippen molar-refractivity contribution >= 4 is 0 Å². The zero-order chi connectivity index (χ0) is 13.8. The second-order valence-electron chi connectivity index (χ2n) is 4.11. The van der Waals surface area contributed by atoms with Crippen LogP contribution in [-0.2, 0) is 4.74 Å². The van der Waals surface area contributed by atoms with E-state index in [0.29, 0.717) is 17.7 Å². The molecule has 1 unspecified atom stereocenters. The lowest BCUT2D eigenvalue weighted by atomic mass is 10.1. The van der Waals surface area contributed by atoms with E-state index in [1.807, 2.05) is 19.9 Å². The van der Waals surface area contributed by atoms with Gasteiger partial charge in [0.25, 0.3) is 5.56 Å². The largest absolute Gasteiger partial charge is 0.357 e. The van der Waals surface area contributed by atoms with E-state index in [-0.39, 0.29) is 11.8 Å².